The number of nitrogens with zero attached hydrogens (tertiary/aromatic N) is 2. The number of pyridine rings is 1. The Hall–Kier alpha value is -3.90. The molecule has 0 bridgehead atoms. The molecule has 32 heavy (non-hydrogen) atoms. The van der Waals surface area contributed by atoms with E-state index in [0.29, 0.717) is 5.69 Å². The molecule has 156 valence electrons. The molecule has 0 aliphatic heterocycles. The highest BCUT2D eigenvalue weighted by atomic mass is 32.2. The number of rotatable bonds is 4. The SMILES string of the molecule is O=S(=O)(Nc1cccc(-c2cn3ccccc3n2)c1)c1ccc2c(c1)Cc1ccccc1-2. The number of imidazole rings is 1. The van der Waals surface area contributed by atoms with Crippen LogP contribution in [0.15, 0.2) is 102 Å². The first kappa shape index (κ1) is 18.8. The van der Waals surface area contributed by atoms with Gasteiger partial charge in [0.1, 0.15) is 5.65 Å². The Morgan fingerprint density at radius 1 is 0.812 bits per heavy atom. The number of hydrogen-bond acceptors (Lipinski definition) is 3. The largest absolute Gasteiger partial charge is 0.306 e. The maximum absolute atomic E-state index is 13.1. The number of nitrogens with one attached hydrogen (secondary N) is 1. The van der Waals surface area contributed by atoms with Crippen LogP contribution in [0.3, 0.4) is 0 Å². The van der Waals surface area contributed by atoms with Gasteiger partial charge in [0.25, 0.3) is 10.0 Å². The van der Waals surface area contributed by atoms with Gasteiger partial charge in [0.05, 0.1) is 10.6 Å². The van der Waals surface area contributed by atoms with Gasteiger partial charge in [-0.3, -0.25) is 4.72 Å². The van der Waals surface area contributed by atoms with Crippen molar-refractivity contribution in [1.29, 1.82) is 0 Å². The Kier molecular flexibility index (Phi) is 4.16. The molecule has 1 aliphatic rings. The van der Waals surface area contributed by atoms with E-state index in [4.69, 9.17) is 0 Å². The van der Waals surface area contributed by atoms with E-state index in [1.165, 1.54) is 11.1 Å². The monoisotopic (exact) mass is 437 g/mol. The molecular weight excluding hydrogens is 418 g/mol. The van der Waals surface area contributed by atoms with Crippen LogP contribution in [0, 0.1) is 0 Å². The summed E-state index contributed by atoms with van der Waals surface area (Å²) in [6.07, 6.45) is 4.61. The van der Waals surface area contributed by atoms with Crippen LogP contribution in [0.5, 0.6) is 0 Å². The highest BCUT2D eigenvalue weighted by Crippen LogP contribution is 2.37. The summed E-state index contributed by atoms with van der Waals surface area (Å²) in [4.78, 5) is 4.89. The Morgan fingerprint density at radius 2 is 1.66 bits per heavy atom. The van der Waals surface area contributed by atoms with Crippen molar-refractivity contribution >= 4 is 21.4 Å². The highest BCUT2D eigenvalue weighted by molar-refractivity contribution is 7.92. The molecule has 6 rings (SSSR count). The highest BCUT2D eigenvalue weighted by Gasteiger charge is 2.22. The maximum Gasteiger partial charge on any atom is 0.261 e. The Balaban J connectivity index is 1.31. The Labute approximate surface area is 186 Å². The quantitative estimate of drug-likeness (QED) is 0.403. The van der Waals surface area contributed by atoms with Crippen LogP contribution in [0.4, 0.5) is 5.69 Å². The molecule has 2 heterocycles. The first-order valence-corrected chi connectivity index (χ1v) is 11.8. The van der Waals surface area contributed by atoms with Gasteiger partial charge in [-0.2, -0.15) is 0 Å². The minimum atomic E-state index is -3.72. The van der Waals surface area contributed by atoms with Gasteiger partial charge in [0.15, 0.2) is 0 Å². The third kappa shape index (κ3) is 3.16. The van der Waals surface area contributed by atoms with Crippen molar-refractivity contribution in [3.63, 3.8) is 0 Å². The van der Waals surface area contributed by atoms with Crippen molar-refractivity contribution in [3.8, 4) is 22.4 Å². The molecule has 0 unspecified atom stereocenters. The Morgan fingerprint density at radius 3 is 2.56 bits per heavy atom. The number of aromatic nitrogens is 2. The summed E-state index contributed by atoms with van der Waals surface area (Å²) in [5.41, 5.74) is 7.52. The molecule has 6 heteroatoms. The molecular formula is C26H19N3O2S. The zero-order chi connectivity index (χ0) is 21.7. The number of fused-ring (bicyclic) bond motifs is 4. The molecule has 0 saturated carbocycles. The van der Waals surface area contributed by atoms with Crippen molar-refractivity contribution in [2.45, 2.75) is 11.3 Å². The number of anilines is 1. The molecule has 0 spiro atoms. The van der Waals surface area contributed by atoms with Crippen LogP contribution < -0.4 is 4.72 Å². The summed E-state index contributed by atoms with van der Waals surface area (Å²) < 4.78 is 30.9. The number of sulfonamides is 1. The van der Waals surface area contributed by atoms with Crippen LogP contribution in [0.2, 0.25) is 0 Å². The van der Waals surface area contributed by atoms with Gasteiger partial charge in [-0.1, -0.05) is 48.5 Å². The summed E-state index contributed by atoms with van der Waals surface area (Å²) >= 11 is 0. The van der Waals surface area contributed by atoms with Crippen molar-refractivity contribution in [3.05, 3.63) is 108 Å². The lowest BCUT2D eigenvalue weighted by molar-refractivity contribution is 0.601. The van der Waals surface area contributed by atoms with E-state index in [1.54, 1.807) is 18.2 Å². The lowest BCUT2D eigenvalue weighted by Crippen LogP contribution is -2.13. The fraction of sp³-hybridized carbons (Fsp3) is 0.0385. The fourth-order valence-electron chi connectivity index (χ4n) is 4.32. The van der Waals surface area contributed by atoms with Crippen LogP contribution in [0.25, 0.3) is 28.0 Å². The minimum absolute atomic E-state index is 0.266. The lowest BCUT2D eigenvalue weighted by atomic mass is 10.1. The minimum Gasteiger partial charge on any atom is -0.306 e. The third-order valence-electron chi connectivity index (χ3n) is 5.85. The van der Waals surface area contributed by atoms with E-state index in [2.05, 4.69) is 21.8 Å². The smallest absolute Gasteiger partial charge is 0.261 e. The molecule has 5 nitrogen and oxygen atoms in total. The molecule has 2 aromatic heterocycles. The summed E-state index contributed by atoms with van der Waals surface area (Å²) in [7, 11) is -3.72. The van der Waals surface area contributed by atoms with Crippen LogP contribution in [0.1, 0.15) is 11.1 Å². The zero-order valence-electron chi connectivity index (χ0n) is 17.1. The average Bonchev–Trinajstić information content (AvgIpc) is 3.40. The second-order valence-corrected chi connectivity index (χ2v) is 9.61. The predicted molar refractivity (Wildman–Crippen MR) is 126 cm³/mol. The first-order valence-electron chi connectivity index (χ1n) is 10.4. The fourth-order valence-corrected chi connectivity index (χ4v) is 5.42. The second-order valence-electron chi connectivity index (χ2n) is 7.93. The van der Waals surface area contributed by atoms with Crippen molar-refractivity contribution in [1.82, 2.24) is 9.38 Å². The first-order chi connectivity index (χ1) is 15.6. The van der Waals surface area contributed by atoms with Gasteiger partial charge in [-0.15, -0.1) is 0 Å². The van der Waals surface area contributed by atoms with E-state index in [1.807, 2.05) is 71.4 Å². The lowest BCUT2D eigenvalue weighted by Gasteiger charge is -2.10. The van der Waals surface area contributed by atoms with Crippen molar-refractivity contribution in [2.75, 3.05) is 4.72 Å². The van der Waals surface area contributed by atoms with Crippen LogP contribution in [-0.4, -0.2) is 17.8 Å². The van der Waals surface area contributed by atoms with Crippen LogP contribution >= 0.6 is 0 Å². The molecule has 0 saturated heterocycles. The third-order valence-corrected chi connectivity index (χ3v) is 7.23. The van der Waals surface area contributed by atoms with Gasteiger partial charge in [-0.25, -0.2) is 13.4 Å². The van der Waals surface area contributed by atoms with Gasteiger partial charge < -0.3 is 4.40 Å². The standard InChI is InChI=1S/C26H19N3O2S/c30-32(31,22-11-12-24-20(16-22)14-18-6-1-2-9-23(18)24)28-21-8-5-7-19(15-21)25-17-29-13-4-3-10-26(29)27-25/h1-13,15-17,28H,14H2. The van der Waals surface area contributed by atoms with Crippen molar-refractivity contribution in [2.24, 2.45) is 0 Å². The summed E-state index contributed by atoms with van der Waals surface area (Å²) in [5.74, 6) is 0. The van der Waals surface area contributed by atoms with Gasteiger partial charge in [0, 0.05) is 23.6 Å². The second kappa shape index (κ2) is 7.07. The van der Waals surface area contributed by atoms with E-state index >= 15 is 0 Å². The maximum atomic E-state index is 13.1. The molecule has 0 radical (unpaired) electrons. The van der Waals surface area contributed by atoms with Crippen molar-refractivity contribution < 1.29 is 8.42 Å². The topological polar surface area (TPSA) is 63.5 Å². The Bertz CT molecular complexity index is 1570. The van der Waals surface area contributed by atoms with E-state index in [0.717, 1.165) is 34.5 Å². The average molecular weight is 438 g/mol. The zero-order valence-corrected chi connectivity index (χ0v) is 17.9. The summed E-state index contributed by atoms with van der Waals surface area (Å²) in [5, 5.41) is 0. The van der Waals surface area contributed by atoms with Gasteiger partial charge in [0.2, 0.25) is 0 Å². The summed E-state index contributed by atoms with van der Waals surface area (Å²) in [6.45, 7) is 0. The van der Waals surface area contributed by atoms with Gasteiger partial charge in [-0.05, 0) is 65.1 Å². The molecule has 0 atom stereocenters. The van der Waals surface area contributed by atoms with Gasteiger partial charge >= 0.3 is 0 Å². The van der Waals surface area contributed by atoms with Crippen LogP contribution in [-0.2, 0) is 16.4 Å². The molecule has 1 aliphatic carbocycles. The summed E-state index contributed by atoms with van der Waals surface area (Å²) in [6, 6.07) is 26.7. The van der Waals surface area contributed by atoms with E-state index in [9.17, 15) is 8.42 Å². The predicted octanol–water partition coefficient (Wildman–Crippen LogP) is 5.37. The molecule has 0 amide bonds. The molecule has 1 N–H and O–H groups in total. The molecule has 5 aromatic rings. The normalized spacial score (nSPS) is 12.5. The molecule has 3 aromatic carbocycles. The van der Waals surface area contributed by atoms with E-state index < -0.39 is 10.0 Å². The number of benzene rings is 3. The number of hydrogen-bond donors (Lipinski definition) is 1. The van der Waals surface area contributed by atoms with E-state index in [-0.39, 0.29) is 4.90 Å². The molecule has 0 fully saturated rings.